The maximum atomic E-state index is 12.3. The number of hydrogen-bond acceptors (Lipinski definition) is 3. The molecule has 0 radical (unpaired) electrons. The maximum absolute atomic E-state index is 12.3. The Labute approximate surface area is 118 Å². The molecular formula is C16H19N3O. The van der Waals surface area contributed by atoms with Gasteiger partial charge >= 0.3 is 0 Å². The van der Waals surface area contributed by atoms with Gasteiger partial charge in [0.25, 0.3) is 0 Å². The van der Waals surface area contributed by atoms with Gasteiger partial charge in [-0.15, -0.1) is 0 Å². The molecule has 0 aliphatic heterocycles. The molecule has 2 N–H and O–H groups in total. The smallest absolute Gasteiger partial charge is 0.145 e. The Morgan fingerprint density at radius 3 is 2.90 bits per heavy atom. The van der Waals surface area contributed by atoms with Gasteiger partial charge < -0.3 is 5.73 Å². The van der Waals surface area contributed by atoms with Crippen molar-refractivity contribution >= 4 is 16.7 Å². The quantitative estimate of drug-likeness (QED) is 0.864. The van der Waals surface area contributed by atoms with Crippen LogP contribution in [0.2, 0.25) is 0 Å². The number of nitrogens with two attached hydrogens (primary N) is 1. The summed E-state index contributed by atoms with van der Waals surface area (Å²) in [5, 5.41) is 5.66. The van der Waals surface area contributed by atoms with E-state index in [0.717, 1.165) is 29.6 Å². The maximum Gasteiger partial charge on any atom is 0.145 e. The van der Waals surface area contributed by atoms with Crippen LogP contribution < -0.4 is 5.73 Å². The Morgan fingerprint density at radius 2 is 2.20 bits per heavy atom. The van der Waals surface area contributed by atoms with Gasteiger partial charge in [-0.1, -0.05) is 30.4 Å². The third-order valence-corrected chi connectivity index (χ3v) is 3.91. The van der Waals surface area contributed by atoms with E-state index in [9.17, 15) is 4.79 Å². The Kier molecular flexibility index (Phi) is 3.40. The summed E-state index contributed by atoms with van der Waals surface area (Å²) in [6, 6.07) is 8.09. The Hall–Kier alpha value is -1.94. The number of allylic oxidation sites excluding steroid dienone is 1. The third kappa shape index (κ3) is 2.27. The van der Waals surface area contributed by atoms with Crippen LogP contribution in [0.5, 0.6) is 0 Å². The number of benzene rings is 1. The summed E-state index contributed by atoms with van der Waals surface area (Å²) >= 11 is 0. The molecule has 2 unspecified atom stereocenters. The second kappa shape index (κ2) is 5.21. The summed E-state index contributed by atoms with van der Waals surface area (Å²) in [7, 11) is 0. The normalized spacial score (nSPS) is 21.7. The van der Waals surface area contributed by atoms with Gasteiger partial charge in [-0.05, 0) is 19.4 Å². The van der Waals surface area contributed by atoms with E-state index >= 15 is 0 Å². The summed E-state index contributed by atoms with van der Waals surface area (Å²) < 4.78 is 1.95. The fourth-order valence-electron chi connectivity index (χ4n) is 2.83. The number of aryl methyl sites for hydroxylation is 1. The van der Waals surface area contributed by atoms with E-state index in [1.807, 2.05) is 41.1 Å². The average Bonchev–Trinajstić information content (AvgIpc) is 3.03. The third-order valence-electron chi connectivity index (χ3n) is 3.91. The first kappa shape index (κ1) is 13.1. The number of aromatic nitrogens is 2. The lowest BCUT2D eigenvalue weighted by Crippen LogP contribution is -2.20. The molecule has 1 aromatic carbocycles. The molecule has 3 rings (SSSR count). The lowest BCUT2D eigenvalue weighted by molar-refractivity contribution is -0.120. The van der Waals surface area contributed by atoms with E-state index in [4.69, 9.17) is 5.73 Å². The van der Waals surface area contributed by atoms with E-state index in [-0.39, 0.29) is 17.7 Å². The second-order valence-electron chi connectivity index (χ2n) is 5.31. The average molecular weight is 269 g/mol. The number of para-hydroxylation sites is 1. The zero-order valence-electron chi connectivity index (χ0n) is 11.6. The molecule has 2 atom stereocenters. The van der Waals surface area contributed by atoms with Gasteiger partial charge in [0.05, 0.1) is 17.6 Å². The van der Waals surface area contributed by atoms with Crippen molar-refractivity contribution in [3.8, 4) is 0 Å². The van der Waals surface area contributed by atoms with Crippen molar-refractivity contribution in [2.75, 3.05) is 0 Å². The highest BCUT2D eigenvalue weighted by atomic mass is 16.1. The number of nitrogens with zero attached hydrogens (tertiary/aromatic N) is 2. The van der Waals surface area contributed by atoms with Gasteiger partial charge in [0.1, 0.15) is 5.78 Å². The van der Waals surface area contributed by atoms with E-state index in [0.29, 0.717) is 6.42 Å². The fraction of sp³-hybridized carbons (Fsp3) is 0.375. The van der Waals surface area contributed by atoms with Crippen molar-refractivity contribution in [1.29, 1.82) is 0 Å². The highest BCUT2D eigenvalue weighted by Crippen LogP contribution is 2.23. The van der Waals surface area contributed by atoms with E-state index < -0.39 is 0 Å². The van der Waals surface area contributed by atoms with Crippen molar-refractivity contribution in [3.63, 3.8) is 0 Å². The molecular weight excluding hydrogens is 250 g/mol. The molecule has 0 bridgehead atoms. The highest BCUT2D eigenvalue weighted by molar-refractivity contribution is 5.90. The lowest BCUT2D eigenvalue weighted by atomic mass is 9.98. The lowest BCUT2D eigenvalue weighted by Gasteiger charge is -2.06. The summed E-state index contributed by atoms with van der Waals surface area (Å²) in [6.07, 6.45) is 4.97. The first-order valence-corrected chi connectivity index (χ1v) is 7.10. The largest absolute Gasteiger partial charge is 0.324 e. The molecule has 0 spiro atoms. The zero-order valence-corrected chi connectivity index (χ0v) is 11.6. The summed E-state index contributed by atoms with van der Waals surface area (Å²) in [5.41, 5.74) is 7.78. The van der Waals surface area contributed by atoms with Crippen LogP contribution in [-0.4, -0.2) is 21.6 Å². The van der Waals surface area contributed by atoms with Crippen molar-refractivity contribution in [1.82, 2.24) is 9.78 Å². The molecule has 104 valence electrons. The van der Waals surface area contributed by atoms with E-state index in [1.54, 1.807) is 0 Å². The Bertz CT molecular complexity index is 671. The first-order valence-electron chi connectivity index (χ1n) is 7.10. The molecule has 4 nitrogen and oxygen atoms in total. The second-order valence-corrected chi connectivity index (χ2v) is 5.31. The summed E-state index contributed by atoms with van der Waals surface area (Å²) in [6.45, 7) is 2.87. The molecule has 0 fully saturated rings. The van der Waals surface area contributed by atoms with Crippen LogP contribution >= 0.6 is 0 Å². The Balaban J connectivity index is 1.87. The minimum atomic E-state index is -0.0458. The number of ketones is 1. The van der Waals surface area contributed by atoms with Crippen LogP contribution in [0.1, 0.15) is 19.0 Å². The predicted molar refractivity (Wildman–Crippen MR) is 79.3 cm³/mol. The SMILES string of the molecule is CCn1nc(CC(=O)C2C=CC(N)C2)c2ccccc21. The van der Waals surface area contributed by atoms with Crippen LogP contribution in [-0.2, 0) is 17.8 Å². The monoisotopic (exact) mass is 269 g/mol. The van der Waals surface area contributed by atoms with Crippen molar-refractivity contribution < 1.29 is 4.79 Å². The molecule has 1 aliphatic rings. The molecule has 0 saturated carbocycles. The number of carbonyl (C=O) groups excluding carboxylic acids is 1. The molecule has 20 heavy (non-hydrogen) atoms. The van der Waals surface area contributed by atoms with Gasteiger partial charge in [0.15, 0.2) is 0 Å². The molecule has 2 aromatic rings. The van der Waals surface area contributed by atoms with Gasteiger partial charge in [-0.2, -0.15) is 5.10 Å². The highest BCUT2D eigenvalue weighted by Gasteiger charge is 2.24. The van der Waals surface area contributed by atoms with Gasteiger partial charge in [0.2, 0.25) is 0 Å². The van der Waals surface area contributed by atoms with Crippen LogP contribution in [0.3, 0.4) is 0 Å². The zero-order chi connectivity index (χ0) is 14.1. The molecule has 1 aromatic heterocycles. The number of hydrogen-bond donors (Lipinski definition) is 1. The summed E-state index contributed by atoms with van der Waals surface area (Å²) in [5.74, 6) is 0.163. The minimum absolute atomic E-state index is 0.0221. The molecule has 4 heteroatoms. The summed E-state index contributed by atoms with van der Waals surface area (Å²) in [4.78, 5) is 12.3. The molecule has 1 heterocycles. The van der Waals surface area contributed by atoms with Crippen LogP contribution in [0.15, 0.2) is 36.4 Å². The topological polar surface area (TPSA) is 60.9 Å². The van der Waals surface area contributed by atoms with Gasteiger partial charge in [-0.25, -0.2) is 0 Å². The molecule has 0 amide bonds. The van der Waals surface area contributed by atoms with E-state index in [2.05, 4.69) is 12.0 Å². The van der Waals surface area contributed by atoms with Crippen molar-refractivity contribution in [2.45, 2.75) is 32.4 Å². The predicted octanol–water partition coefficient (Wildman–Crippen LogP) is 2.07. The minimum Gasteiger partial charge on any atom is -0.324 e. The first-order chi connectivity index (χ1) is 9.69. The van der Waals surface area contributed by atoms with E-state index in [1.165, 1.54) is 0 Å². The fourth-order valence-corrected chi connectivity index (χ4v) is 2.83. The van der Waals surface area contributed by atoms with Crippen LogP contribution in [0, 0.1) is 5.92 Å². The van der Waals surface area contributed by atoms with Crippen molar-refractivity contribution in [2.24, 2.45) is 11.7 Å². The van der Waals surface area contributed by atoms with Gasteiger partial charge in [0, 0.05) is 23.9 Å². The number of rotatable bonds is 4. The van der Waals surface area contributed by atoms with Crippen molar-refractivity contribution in [3.05, 3.63) is 42.1 Å². The number of Topliss-reactive ketones (excluding diaryl/α,β-unsaturated/α-hetero) is 1. The standard InChI is InChI=1S/C16H19N3O/c1-2-19-15-6-4-3-5-13(15)14(18-19)10-16(20)11-7-8-12(17)9-11/h3-8,11-12H,2,9-10,17H2,1H3. The number of fused-ring (bicyclic) bond motifs is 1. The van der Waals surface area contributed by atoms with Crippen LogP contribution in [0.25, 0.3) is 10.9 Å². The number of carbonyl (C=O) groups is 1. The Morgan fingerprint density at radius 1 is 1.40 bits per heavy atom. The van der Waals surface area contributed by atoms with Crippen LogP contribution in [0.4, 0.5) is 0 Å². The molecule has 0 saturated heterocycles. The molecule has 1 aliphatic carbocycles. The van der Waals surface area contributed by atoms with Gasteiger partial charge in [-0.3, -0.25) is 9.48 Å².